The average Bonchev–Trinajstić information content (AvgIpc) is 3.01. The summed E-state index contributed by atoms with van der Waals surface area (Å²) >= 11 is 5.76. The van der Waals surface area contributed by atoms with Crippen LogP contribution in [0.15, 0.2) is 45.1 Å². The Balaban J connectivity index is 0.000000247. The second kappa shape index (κ2) is 6.10. The van der Waals surface area contributed by atoms with E-state index in [0.29, 0.717) is 22.6 Å². The Labute approximate surface area is 117 Å². The number of fused-ring (bicyclic) bond motifs is 1. The lowest BCUT2D eigenvalue weighted by Gasteiger charge is -2.04. The first-order valence-corrected chi connectivity index (χ1v) is 7.11. The van der Waals surface area contributed by atoms with Crippen LogP contribution in [0.3, 0.4) is 0 Å². The highest BCUT2D eigenvalue weighted by molar-refractivity contribution is 7.46. The van der Waals surface area contributed by atoms with Gasteiger partial charge in [-0.15, -0.1) is 10.2 Å². The number of nitrogens with zero attached hydrogens (tertiary/aromatic N) is 4. The number of halogens is 1. The molecule has 9 nitrogen and oxygen atoms in total. The minimum Gasteiger partial charge on any atom is -0.402 e. The van der Waals surface area contributed by atoms with Gasteiger partial charge in [-0.25, -0.2) is 4.57 Å². The van der Waals surface area contributed by atoms with Gasteiger partial charge in [0.05, 0.1) is 0 Å². The average molecular weight is 318 g/mol. The van der Waals surface area contributed by atoms with Crippen LogP contribution in [-0.2, 0) is 4.57 Å². The summed E-state index contributed by atoms with van der Waals surface area (Å²) in [5.74, 6) is 0.0841. The molecule has 1 aliphatic rings. The van der Waals surface area contributed by atoms with Crippen molar-refractivity contribution in [2.24, 2.45) is 20.7 Å². The van der Waals surface area contributed by atoms with E-state index >= 15 is 0 Å². The lowest BCUT2D eigenvalue weighted by atomic mass is 10.2. The zero-order valence-electron chi connectivity index (χ0n) is 9.84. The largest absolute Gasteiger partial charge is 0.524 e. The molecule has 2 heterocycles. The summed E-state index contributed by atoms with van der Waals surface area (Å²) < 4.78 is 15.1. The molecule has 106 valence electrons. The summed E-state index contributed by atoms with van der Waals surface area (Å²) in [6.45, 7) is 0.417. The third-order valence-corrected chi connectivity index (χ3v) is 2.79. The molecule has 0 saturated carbocycles. The third-order valence-electron chi connectivity index (χ3n) is 2.12. The fraction of sp³-hybridized carbons (Fsp3) is 0.111. The predicted molar refractivity (Wildman–Crippen MR) is 70.6 cm³/mol. The first-order chi connectivity index (χ1) is 9.46. The van der Waals surface area contributed by atoms with Crippen LogP contribution >= 0.6 is 19.4 Å². The van der Waals surface area contributed by atoms with Gasteiger partial charge in [-0.3, -0.25) is 9.79 Å². The number of benzene rings is 1. The smallest absolute Gasteiger partial charge is 0.402 e. The van der Waals surface area contributed by atoms with Crippen molar-refractivity contribution in [1.29, 1.82) is 0 Å². The minimum atomic E-state index is -4.54. The Morgan fingerprint density at radius 1 is 1.30 bits per heavy atom. The molecule has 1 aromatic heterocycles. The molecule has 0 fully saturated rings. The van der Waals surface area contributed by atoms with Crippen molar-refractivity contribution >= 4 is 30.3 Å². The molecule has 3 rings (SSSR count). The van der Waals surface area contributed by atoms with E-state index in [9.17, 15) is 4.57 Å². The van der Waals surface area contributed by atoms with Crippen LogP contribution in [0, 0.1) is 0 Å². The minimum absolute atomic E-state index is 0.0841. The number of aromatic amines is 1. The van der Waals surface area contributed by atoms with Crippen LogP contribution in [0.4, 0.5) is 0 Å². The van der Waals surface area contributed by atoms with Crippen LogP contribution in [0.2, 0.25) is 5.02 Å². The second-order valence-electron chi connectivity index (χ2n) is 3.53. The molecule has 20 heavy (non-hydrogen) atoms. The Hall–Kier alpha value is -1.80. The standard InChI is InChI=1S/C8H7ClNO4P.CH2N4/c9-5-1-2-7-6(3-5)8(4-10-7)14-15(11,12)13;1-2-4-5-3-1/h1-4,10H,(H2,11,12,13);1H2. The molecule has 0 unspecified atom stereocenters. The molecule has 11 heteroatoms. The van der Waals surface area contributed by atoms with E-state index in [1.54, 1.807) is 18.2 Å². The van der Waals surface area contributed by atoms with E-state index in [1.807, 2.05) is 0 Å². The lowest BCUT2D eigenvalue weighted by molar-refractivity contribution is 0.284. The quantitative estimate of drug-likeness (QED) is 0.734. The van der Waals surface area contributed by atoms with Gasteiger partial charge in [0.2, 0.25) is 0 Å². The first-order valence-electron chi connectivity index (χ1n) is 5.21. The number of aromatic nitrogens is 1. The molecular formula is C9H9ClN5O4P. The van der Waals surface area contributed by atoms with Gasteiger partial charge in [-0.2, -0.15) is 0 Å². The van der Waals surface area contributed by atoms with E-state index in [2.05, 4.69) is 30.2 Å². The van der Waals surface area contributed by atoms with Gasteiger partial charge in [0.25, 0.3) is 0 Å². The molecule has 3 N–H and O–H groups in total. The van der Waals surface area contributed by atoms with Gasteiger partial charge in [0.1, 0.15) is 0 Å². The fourth-order valence-electron chi connectivity index (χ4n) is 1.41. The molecule has 0 atom stereocenters. The first kappa shape index (κ1) is 14.6. The van der Waals surface area contributed by atoms with Crippen LogP contribution in [0.5, 0.6) is 5.75 Å². The number of phosphoric acid groups is 1. The molecule has 0 bridgehead atoms. The molecule has 1 aromatic carbocycles. The Morgan fingerprint density at radius 2 is 2.00 bits per heavy atom. The summed E-state index contributed by atoms with van der Waals surface area (Å²) in [7, 11) is -4.54. The SMILES string of the molecule is C1N=NN=N1.O=P(O)(O)Oc1c[nH]c2ccc(Cl)cc12. The zero-order valence-corrected chi connectivity index (χ0v) is 11.5. The molecule has 0 radical (unpaired) electrons. The summed E-state index contributed by atoms with van der Waals surface area (Å²) in [4.78, 5) is 20.1. The monoisotopic (exact) mass is 317 g/mol. The summed E-state index contributed by atoms with van der Waals surface area (Å²) in [5, 5.41) is 14.1. The molecule has 0 saturated heterocycles. The lowest BCUT2D eigenvalue weighted by Crippen LogP contribution is -1.88. The Kier molecular flexibility index (Phi) is 4.46. The summed E-state index contributed by atoms with van der Waals surface area (Å²) in [6.07, 6.45) is 1.38. The highest BCUT2D eigenvalue weighted by Crippen LogP contribution is 2.41. The number of hydrogen-bond donors (Lipinski definition) is 3. The molecule has 0 amide bonds. The van der Waals surface area contributed by atoms with Gasteiger partial charge >= 0.3 is 7.82 Å². The van der Waals surface area contributed by atoms with Crippen molar-refractivity contribution in [1.82, 2.24) is 4.98 Å². The summed E-state index contributed by atoms with van der Waals surface area (Å²) in [6, 6.07) is 4.93. The van der Waals surface area contributed by atoms with Crippen molar-refractivity contribution in [2.75, 3.05) is 6.67 Å². The maximum Gasteiger partial charge on any atom is 0.524 e. The number of rotatable bonds is 2. The molecular weight excluding hydrogens is 309 g/mol. The summed E-state index contributed by atoms with van der Waals surface area (Å²) in [5.41, 5.74) is 0.697. The maximum absolute atomic E-state index is 10.7. The van der Waals surface area contributed by atoms with E-state index < -0.39 is 7.82 Å². The molecule has 0 aliphatic carbocycles. The second-order valence-corrected chi connectivity index (χ2v) is 5.13. The van der Waals surface area contributed by atoms with Gasteiger partial charge in [-0.1, -0.05) is 11.6 Å². The Morgan fingerprint density at radius 3 is 2.55 bits per heavy atom. The number of H-pyrrole nitrogens is 1. The highest BCUT2D eigenvalue weighted by Gasteiger charge is 2.18. The van der Waals surface area contributed by atoms with Crippen LogP contribution in [0.25, 0.3) is 10.9 Å². The van der Waals surface area contributed by atoms with Crippen LogP contribution in [0.1, 0.15) is 0 Å². The third kappa shape index (κ3) is 4.10. The van der Waals surface area contributed by atoms with E-state index in [4.69, 9.17) is 21.4 Å². The molecule has 1 aliphatic heterocycles. The van der Waals surface area contributed by atoms with Gasteiger partial charge in [0.15, 0.2) is 12.4 Å². The van der Waals surface area contributed by atoms with Gasteiger partial charge in [-0.05, 0) is 28.6 Å². The number of phosphoric ester groups is 1. The van der Waals surface area contributed by atoms with Crippen molar-refractivity contribution in [3.63, 3.8) is 0 Å². The van der Waals surface area contributed by atoms with Crippen molar-refractivity contribution in [2.45, 2.75) is 0 Å². The van der Waals surface area contributed by atoms with Crippen LogP contribution in [-0.4, -0.2) is 21.4 Å². The predicted octanol–water partition coefficient (Wildman–Crippen LogP) is 3.07. The topological polar surface area (TPSA) is 132 Å². The van der Waals surface area contributed by atoms with E-state index in [0.717, 1.165) is 0 Å². The maximum atomic E-state index is 10.7. The van der Waals surface area contributed by atoms with E-state index in [-0.39, 0.29) is 5.75 Å². The van der Waals surface area contributed by atoms with Crippen LogP contribution < -0.4 is 4.52 Å². The highest BCUT2D eigenvalue weighted by atomic mass is 35.5. The van der Waals surface area contributed by atoms with Gasteiger partial charge < -0.3 is 9.51 Å². The zero-order chi connectivity index (χ0) is 14.6. The van der Waals surface area contributed by atoms with E-state index in [1.165, 1.54) is 6.20 Å². The Bertz CT molecular complexity index is 699. The normalized spacial score (nSPS) is 13.3. The van der Waals surface area contributed by atoms with Crippen molar-refractivity contribution in [3.05, 3.63) is 29.4 Å². The van der Waals surface area contributed by atoms with Gasteiger partial charge in [0, 0.05) is 22.1 Å². The fourth-order valence-corrected chi connectivity index (χ4v) is 1.99. The number of hydrogen-bond acceptors (Lipinski definition) is 6. The van der Waals surface area contributed by atoms with Crippen molar-refractivity contribution < 1.29 is 18.9 Å². The number of nitrogens with one attached hydrogen (secondary N) is 1. The van der Waals surface area contributed by atoms with Crippen molar-refractivity contribution in [3.8, 4) is 5.75 Å². The molecule has 2 aromatic rings. The molecule has 0 spiro atoms.